The van der Waals surface area contributed by atoms with E-state index in [2.05, 4.69) is 15.1 Å². The Balaban J connectivity index is 2.07. The largest absolute Gasteiger partial charge is 0.478 e. The standard InChI is InChI=1S/C12H15FN4O4/c1-5-15-12(20-2)11-14-3-6(17(11)16-5)10-8(13)9(19)7(4-18)21-10/h3,7-10,18-19H,4H2,1-2H3/t7-,8-,9-,10+/m1/s1. The fraction of sp³-hybridized carbons (Fsp3) is 0.583. The highest BCUT2D eigenvalue weighted by Crippen LogP contribution is 2.36. The average molecular weight is 298 g/mol. The third-order valence-electron chi connectivity index (χ3n) is 3.45. The molecule has 0 radical (unpaired) electrons. The zero-order chi connectivity index (χ0) is 15.1. The van der Waals surface area contributed by atoms with Gasteiger partial charge in [0.25, 0.3) is 5.88 Å². The lowest BCUT2D eigenvalue weighted by Crippen LogP contribution is -2.30. The Morgan fingerprint density at radius 3 is 2.90 bits per heavy atom. The molecule has 0 saturated carbocycles. The van der Waals surface area contributed by atoms with Crippen molar-refractivity contribution in [3.63, 3.8) is 0 Å². The number of aryl methyl sites for hydroxylation is 1. The summed E-state index contributed by atoms with van der Waals surface area (Å²) in [5.74, 6) is 0.688. The summed E-state index contributed by atoms with van der Waals surface area (Å²) >= 11 is 0. The van der Waals surface area contributed by atoms with E-state index in [4.69, 9.17) is 14.6 Å². The number of imidazole rings is 1. The van der Waals surface area contributed by atoms with Gasteiger partial charge in [0.1, 0.15) is 24.1 Å². The van der Waals surface area contributed by atoms with Gasteiger partial charge in [0.2, 0.25) is 5.65 Å². The molecule has 1 saturated heterocycles. The molecule has 0 unspecified atom stereocenters. The number of aliphatic hydroxyl groups is 2. The molecule has 0 aromatic carbocycles. The summed E-state index contributed by atoms with van der Waals surface area (Å²) in [5, 5.41) is 23.0. The van der Waals surface area contributed by atoms with Gasteiger partial charge in [0.05, 0.1) is 25.6 Å². The van der Waals surface area contributed by atoms with Crippen LogP contribution in [-0.2, 0) is 4.74 Å². The van der Waals surface area contributed by atoms with Crippen LogP contribution in [0.15, 0.2) is 6.20 Å². The lowest BCUT2D eigenvalue weighted by Gasteiger charge is -2.12. The van der Waals surface area contributed by atoms with Crippen molar-refractivity contribution in [3.8, 4) is 5.88 Å². The molecule has 3 heterocycles. The second-order valence-electron chi connectivity index (χ2n) is 4.80. The molecule has 9 heteroatoms. The number of fused-ring (bicyclic) bond motifs is 1. The molecule has 21 heavy (non-hydrogen) atoms. The van der Waals surface area contributed by atoms with Crippen LogP contribution in [0.5, 0.6) is 5.88 Å². The van der Waals surface area contributed by atoms with Crippen molar-refractivity contribution in [2.75, 3.05) is 13.7 Å². The monoisotopic (exact) mass is 298 g/mol. The third kappa shape index (κ3) is 2.13. The molecule has 1 fully saturated rings. The van der Waals surface area contributed by atoms with Gasteiger partial charge in [-0.2, -0.15) is 10.1 Å². The van der Waals surface area contributed by atoms with Gasteiger partial charge in [0, 0.05) is 0 Å². The van der Waals surface area contributed by atoms with Crippen molar-refractivity contribution in [2.45, 2.75) is 31.4 Å². The first-order valence-electron chi connectivity index (χ1n) is 6.41. The number of hydrogen-bond donors (Lipinski definition) is 2. The number of nitrogens with zero attached hydrogens (tertiary/aromatic N) is 4. The van der Waals surface area contributed by atoms with Crippen LogP contribution < -0.4 is 4.74 Å². The number of halogens is 1. The molecule has 3 rings (SSSR count). The van der Waals surface area contributed by atoms with E-state index < -0.39 is 31.1 Å². The highest BCUT2D eigenvalue weighted by Gasteiger charge is 2.46. The van der Waals surface area contributed by atoms with Crippen molar-refractivity contribution >= 4 is 5.65 Å². The number of hydrogen-bond acceptors (Lipinski definition) is 7. The zero-order valence-electron chi connectivity index (χ0n) is 11.5. The summed E-state index contributed by atoms with van der Waals surface area (Å²) in [5.41, 5.74) is 0.659. The predicted molar refractivity (Wildman–Crippen MR) is 67.7 cm³/mol. The van der Waals surface area contributed by atoms with Gasteiger partial charge < -0.3 is 19.7 Å². The minimum atomic E-state index is -1.68. The van der Waals surface area contributed by atoms with Crippen molar-refractivity contribution in [2.24, 2.45) is 0 Å². The van der Waals surface area contributed by atoms with Crippen molar-refractivity contribution < 1.29 is 24.1 Å². The van der Waals surface area contributed by atoms with Crippen LogP contribution in [0.4, 0.5) is 4.39 Å². The maximum atomic E-state index is 14.2. The first kappa shape index (κ1) is 14.1. The van der Waals surface area contributed by atoms with E-state index in [1.807, 2.05) is 0 Å². The number of aliphatic hydroxyl groups excluding tert-OH is 2. The molecule has 8 nitrogen and oxygen atoms in total. The Morgan fingerprint density at radius 1 is 1.52 bits per heavy atom. The van der Waals surface area contributed by atoms with Gasteiger partial charge in [-0.05, 0) is 6.92 Å². The molecule has 2 aromatic rings. The van der Waals surface area contributed by atoms with Crippen molar-refractivity contribution in [1.82, 2.24) is 19.6 Å². The van der Waals surface area contributed by atoms with E-state index in [-0.39, 0.29) is 5.88 Å². The minimum absolute atomic E-state index is 0.265. The molecule has 1 aliphatic heterocycles. The molecular formula is C12H15FN4O4. The number of methoxy groups -OCH3 is 1. The van der Waals surface area contributed by atoms with Gasteiger partial charge in [-0.1, -0.05) is 0 Å². The Labute approximate surface area is 119 Å². The molecule has 0 bridgehead atoms. The maximum Gasteiger partial charge on any atom is 0.261 e. The van der Waals surface area contributed by atoms with Crippen LogP contribution in [0, 0.1) is 6.92 Å². The summed E-state index contributed by atoms with van der Waals surface area (Å²) in [4.78, 5) is 8.19. The highest BCUT2D eigenvalue weighted by molar-refractivity contribution is 5.49. The molecule has 1 aliphatic rings. The molecule has 114 valence electrons. The zero-order valence-corrected chi connectivity index (χ0v) is 11.5. The molecule has 0 spiro atoms. The fourth-order valence-corrected chi connectivity index (χ4v) is 2.42. The normalized spacial score (nSPS) is 29.2. The minimum Gasteiger partial charge on any atom is -0.478 e. The van der Waals surface area contributed by atoms with E-state index in [1.54, 1.807) is 6.92 Å². The van der Waals surface area contributed by atoms with E-state index in [9.17, 15) is 9.50 Å². The summed E-state index contributed by atoms with van der Waals surface area (Å²) in [7, 11) is 1.45. The quantitative estimate of drug-likeness (QED) is 0.793. The van der Waals surface area contributed by atoms with Gasteiger partial charge in [0.15, 0.2) is 6.17 Å². The van der Waals surface area contributed by atoms with Crippen LogP contribution in [0.1, 0.15) is 17.6 Å². The molecule has 4 atom stereocenters. The molecule has 0 aliphatic carbocycles. The molecule has 2 N–H and O–H groups in total. The fourth-order valence-electron chi connectivity index (χ4n) is 2.42. The number of ether oxygens (including phenoxy) is 2. The second-order valence-corrected chi connectivity index (χ2v) is 4.80. The Morgan fingerprint density at radius 2 is 2.29 bits per heavy atom. The number of aromatic nitrogens is 4. The van der Waals surface area contributed by atoms with E-state index in [1.165, 1.54) is 17.8 Å². The summed E-state index contributed by atoms with van der Waals surface area (Å²) in [6.07, 6.45) is -3.71. The second kappa shape index (κ2) is 5.17. The number of rotatable bonds is 3. The topological polar surface area (TPSA) is 102 Å². The van der Waals surface area contributed by atoms with Gasteiger partial charge >= 0.3 is 0 Å². The predicted octanol–water partition coefficient (Wildman–Crippen LogP) is -0.427. The Hall–Kier alpha value is -1.84. The van der Waals surface area contributed by atoms with Gasteiger partial charge in [-0.25, -0.2) is 13.9 Å². The van der Waals surface area contributed by atoms with Crippen LogP contribution in [0.25, 0.3) is 5.65 Å². The maximum absolute atomic E-state index is 14.2. The molecule has 2 aromatic heterocycles. The average Bonchev–Trinajstić information content (AvgIpc) is 3.01. The first-order valence-corrected chi connectivity index (χ1v) is 6.41. The van der Waals surface area contributed by atoms with Gasteiger partial charge in [-0.15, -0.1) is 0 Å². The Bertz CT molecular complexity index is 664. The SMILES string of the molecule is COc1nc(C)nn2c([C@@H]3O[C@H](CO)[C@@H](O)[C@H]3F)cnc12. The van der Waals surface area contributed by atoms with E-state index >= 15 is 0 Å². The van der Waals surface area contributed by atoms with Crippen molar-refractivity contribution in [1.29, 1.82) is 0 Å². The molecular weight excluding hydrogens is 283 g/mol. The number of alkyl halides is 1. The first-order chi connectivity index (χ1) is 10.1. The third-order valence-corrected chi connectivity index (χ3v) is 3.45. The van der Waals surface area contributed by atoms with Crippen LogP contribution in [0.3, 0.4) is 0 Å². The van der Waals surface area contributed by atoms with E-state index in [0.717, 1.165) is 0 Å². The summed E-state index contributed by atoms with van der Waals surface area (Å²) < 4.78 is 26.1. The lowest BCUT2D eigenvalue weighted by atomic mass is 10.1. The summed E-state index contributed by atoms with van der Waals surface area (Å²) in [6.45, 7) is 1.20. The van der Waals surface area contributed by atoms with Crippen LogP contribution in [-0.4, -0.2) is 61.9 Å². The van der Waals surface area contributed by atoms with Gasteiger partial charge in [-0.3, -0.25) is 0 Å². The smallest absolute Gasteiger partial charge is 0.261 e. The van der Waals surface area contributed by atoms with Crippen LogP contribution in [0.2, 0.25) is 0 Å². The van der Waals surface area contributed by atoms with E-state index in [0.29, 0.717) is 17.2 Å². The Kier molecular flexibility index (Phi) is 3.47. The lowest BCUT2D eigenvalue weighted by molar-refractivity contribution is -0.0241. The van der Waals surface area contributed by atoms with Crippen LogP contribution >= 0.6 is 0 Å². The molecule has 0 amide bonds. The van der Waals surface area contributed by atoms with Crippen molar-refractivity contribution in [3.05, 3.63) is 17.7 Å². The summed E-state index contributed by atoms with van der Waals surface area (Å²) in [6, 6.07) is 0. The highest BCUT2D eigenvalue weighted by atomic mass is 19.1.